The summed E-state index contributed by atoms with van der Waals surface area (Å²) in [5.41, 5.74) is 0. The molecular weight excluding hydrogens is 209 g/mol. The van der Waals surface area contributed by atoms with Crippen LogP contribution in [-0.4, -0.2) is 21.1 Å². The maximum atomic E-state index is 11.5. The van der Waals surface area contributed by atoms with Gasteiger partial charge in [-0.2, -0.15) is 0 Å². The second-order valence-electron chi connectivity index (χ2n) is 4.06. The van der Waals surface area contributed by atoms with Gasteiger partial charge in [-0.05, 0) is 13.3 Å². The van der Waals surface area contributed by atoms with E-state index >= 15 is 0 Å². The smallest absolute Gasteiger partial charge is 0.216 e. The van der Waals surface area contributed by atoms with E-state index in [9.17, 15) is 8.42 Å². The van der Waals surface area contributed by atoms with E-state index in [1.54, 1.807) is 6.92 Å². The van der Waals surface area contributed by atoms with Crippen LogP contribution in [-0.2, 0) is 10.0 Å². The zero-order valence-corrected chi connectivity index (χ0v) is 11.1. The number of hydrogen-bond acceptors (Lipinski definition) is 2. The summed E-state index contributed by atoms with van der Waals surface area (Å²) in [6.45, 7) is 5.78. The molecular formula is C10H24BNO2S. The summed E-state index contributed by atoms with van der Waals surface area (Å²) in [5.74, 6) is 0. The van der Waals surface area contributed by atoms with E-state index in [-0.39, 0.29) is 5.25 Å². The fraction of sp³-hybridized carbons (Fsp3) is 1.00. The summed E-state index contributed by atoms with van der Waals surface area (Å²) in [5, 5.41) is -0.251. The van der Waals surface area contributed by atoms with Crippen molar-refractivity contribution in [1.29, 1.82) is 0 Å². The standard InChI is InChI=1S/C10H24BNO2S/c1-4-5-6-7-8-9-10(2)15(13,14)12-11-3/h10-12H,4-9H2,1-3H3. The molecule has 0 radical (unpaired) electrons. The highest BCUT2D eigenvalue weighted by atomic mass is 32.2. The largest absolute Gasteiger partial charge is 0.259 e. The lowest BCUT2D eigenvalue weighted by molar-refractivity contribution is 0.557. The summed E-state index contributed by atoms with van der Waals surface area (Å²) in [7, 11) is -2.56. The third-order valence-corrected chi connectivity index (χ3v) is 4.58. The Labute approximate surface area is 95.3 Å². The Morgan fingerprint density at radius 1 is 1.20 bits per heavy atom. The number of rotatable bonds is 9. The molecule has 90 valence electrons. The minimum absolute atomic E-state index is 0.251. The molecule has 0 spiro atoms. The third-order valence-electron chi connectivity index (χ3n) is 2.59. The Kier molecular flexibility index (Phi) is 8.15. The molecule has 0 aliphatic rings. The van der Waals surface area contributed by atoms with Gasteiger partial charge in [0.05, 0.1) is 5.25 Å². The fourth-order valence-corrected chi connectivity index (χ4v) is 2.70. The van der Waals surface area contributed by atoms with E-state index in [4.69, 9.17) is 0 Å². The summed E-state index contributed by atoms with van der Waals surface area (Å²) >= 11 is 0. The first-order valence-corrected chi connectivity index (χ1v) is 7.57. The summed E-state index contributed by atoms with van der Waals surface area (Å²) in [4.78, 5) is 0. The molecule has 0 bridgehead atoms. The van der Waals surface area contributed by atoms with Crippen LogP contribution in [0.25, 0.3) is 0 Å². The van der Waals surface area contributed by atoms with Crippen LogP contribution in [0.15, 0.2) is 0 Å². The summed E-state index contributed by atoms with van der Waals surface area (Å²) in [6, 6.07) is 0. The molecule has 1 atom stereocenters. The molecule has 0 heterocycles. The van der Waals surface area contributed by atoms with Gasteiger partial charge in [0, 0.05) is 0 Å². The number of hydrogen-bond donors (Lipinski definition) is 1. The van der Waals surface area contributed by atoms with Gasteiger partial charge < -0.3 is 0 Å². The van der Waals surface area contributed by atoms with E-state index < -0.39 is 10.0 Å². The first kappa shape index (κ1) is 15.0. The van der Waals surface area contributed by atoms with Crippen molar-refractivity contribution in [2.45, 2.75) is 64.4 Å². The molecule has 15 heavy (non-hydrogen) atoms. The quantitative estimate of drug-likeness (QED) is 0.489. The van der Waals surface area contributed by atoms with Gasteiger partial charge in [-0.25, -0.2) is 8.42 Å². The van der Waals surface area contributed by atoms with Crippen molar-refractivity contribution in [2.75, 3.05) is 0 Å². The first-order chi connectivity index (χ1) is 7.04. The second-order valence-corrected chi connectivity index (χ2v) is 6.24. The Hall–Kier alpha value is -0.0251. The first-order valence-electron chi connectivity index (χ1n) is 6.03. The molecule has 0 aromatic heterocycles. The lowest BCUT2D eigenvalue weighted by Crippen LogP contribution is -2.33. The molecule has 0 rings (SSSR count). The molecule has 0 aliphatic heterocycles. The highest BCUT2D eigenvalue weighted by molar-refractivity contribution is 7.91. The lowest BCUT2D eigenvalue weighted by Gasteiger charge is -2.12. The zero-order valence-electron chi connectivity index (χ0n) is 10.3. The molecule has 0 saturated carbocycles. The number of unbranched alkanes of at least 4 members (excludes halogenated alkanes) is 4. The zero-order chi connectivity index (χ0) is 11.7. The maximum Gasteiger partial charge on any atom is 0.216 e. The van der Waals surface area contributed by atoms with E-state index in [1.807, 2.05) is 6.82 Å². The normalized spacial score (nSPS) is 13.8. The molecule has 0 fully saturated rings. The number of sulfonamides is 1. The Morgan fingerprint density at radius 3 is 2.33 bits per heavy atom. The Bertz CT molecular complexity index is 242. The topological polar surface area (TPSA) is 46.2 Å². The van der Waals surface area contributed by atoms with Crippen molar-refractivity contribution < 1.29 is 8.42 Å². The molecule has 0 aromatic carbocycles. The van der Waals surface area contributed by atoms with Crippen molar-refractivity contribution in [3.05, 3.63) is 0 Å². The molecule has 0 amide bonds. The van der Waals surface area contributed by atoms with Crippen LogP contribution in [0.2, 0.25) is 6.82 Å². The highest BCUT2D eigenvalue weighted by Gasteiger charge is 2.18. The SMILES string of the molecule is CBNS(=O)(=O)C(C)CCCCCCC. The van der Waals surface area contributed by atoms with Crippen molar-refractivity contribution in [3.8, 4) is 0 Å². The van der Waals surface area contributed by atoms with Crippen molar-refractivity contribution in [1.82, 2.24) is 4.63 Å². The van der Waals surface area contributed by atoms with Gasteiger partial charge in [0.25, 0.3) is 0 Å². The average Bonchev–Trinajstić information content (AvgIpc) is 2.17. The highest BCUT2D eigenvalue weighted by Crippen LogP contribution is 2.11. The molecule has 3 nitrogen and oxygen atoms in total. The van der Waals surface area contributed by atoms with Crippen LogP contribution in [0.3, 0.4) is 0 Å². The van der Waals surface area contributed by atoms with Crippen LogP contribution in [0.4, 0.5) is 0 Å². The summed E-state index contributed by atoms with van der Waals surface area (Å²) in [6.07, 6.45) is 6.66. The van der Waals surface area contributed by atoms with Crippen LogP contribution in [0.5, 0.6) is 0 Å². The Balaban J connectivity index is 3.69. The average molecular weight is 233 g/mol. The molecule has 1 unspecified atom stereocenters. The molecule has 5 heteroatoms. The molecule has 0 saturated heterocycles. The second kappa shape index (κ2) is 8.16. The van der Waals surface area contributed by atoms with E-state index in [0.29, 0.717) is 7.41 Å². The minimum atomic E-state index is -3.05. The minimum Gasteiger partial charge on any atom is -0.259 e. The maximum absolute atomic E-state index is 11.5. The van der Waals surface area contributed by atoms with E-state index in [0.717, 1.165) is 19.3 Å². The molecule has 0 aromatic rings. The predicted molar refractivity (Wildman–Crippen MR) is 67.9 cm³/mol. The van der Waals surface area contributed by atoms with Gasteiger partial charge >= 0.3 is 0 Å². The Morgan fingerprint density at radius 2 is 1.80 bits per heavy atom. The van der Waals surface area contributed by atoms with Gasteiger partial charge in [-0.3, -0.25) is 4.63 Å². The van der Waals surface area contributed by atoms with Gasteiger partial charge in [-0.15, -0.1) is 0 Å². The fourth-order valence-electron chi connectivity index (χ4n) is 1.53. The van der Waals surface area contributed by atoms with E-state index in [1.165, 1.54) is 19.3 Å². The van der Waals surface area contributed by atoms with Crippen LogP contribution < -0.4 is 4.63 Å². The van der Waals surface area contributed by atoms with Gasteiger partial charge in [-0.1, -0.05) is 45.9 Å². The van der Waals surface area contributed by atoms with Crippen LogP contribution in [0.1, 0.15) is 52.4 Å². The van der Waals surface area contributed by atoms with Crippen LogP contribution >= 0.6 is 0 Å². The number of nitrogens with one attached hydrogen (secondary N) is 1. The predicted octanol–water partition coefficient (Wildman–Crippen LogP) is 2.05. The van der Waals surface area contributed by atoms with Crippen molar-refractivity contribution >= 4 is 17.4 Å². The summed E-state index contributed by atoms with van der Waals surface area (Å²) < 4.78 is 25.6. The van der Waals surface area contributed by atoms with E-state index in [2.05, 4.69) is 11.6 Å². The van der Waals surface area contributed by atoms with Crippen molar-refractivity contribution in [2.24, 2.45) is 0 Å². The van der Waals surface area contributed by atoms with Gasteiger partial charge in [0.1, 0.15) is 0 Å². The van der Waals surface area contributed by atoms with Gasteiger partial charge in [0.2, 0.25) is 17.4 Å². The van der Waals surface area contributed by atoms with Crippen LogP contribution in [0, 0.1) is 0 Å². The van der Waals surface area contributed by atoms with Gasteiger partial charge in [0.15, 0.2) is 0 Å². The molecule has 1 N–H and O–H groups in total. The lowest BCUT2D eigenvalue weighted by atomic mass is 10.0. The third kappa shape index (κ3) is 6.95. The monoisotopic (exact) mass is 233 g/mol. The van der Waals surface area contributed by atoms with Crippen molar-refractivity contribution in [3.63, 3.8) is 0 Å². The molecule has 0 aliphatic carbocycles.